The fraction of sp³-hybridized carbons (Fsp3) is 0.817. The molecule has 12 atom stereocenters. The normalized spacial score (nSPS) is 25.6. The molecule has 9 N–H and O–H groups in total. The molecule has 2 rings (SSSR count). The van der Waals surface area contributed by atoms with Crippen LogP contribution in [0.3, 0.4) is 0 Å². The summed E-state index contributed by atoms with van der Waals surface area (Å²) in [5, 5.41) is 87.2. The third kappa shape index (κ3) is 31.2. The highest BCUT2D eigenvalue weighted by molar-refractivity contribution is 5.76. The SMILES string of the molecule is CC/C=C\C/C=C\C/C=C\C/C=C\C/C=C\CCCC(=O)NC(COC1OC(CO)C(OC2OC(CO)C(O)C(O)C2O)C(O)C1O)C(O)CCCCCCCCCCCCCCCCCCCCCCCCC. The van der Waals surface area contributed by atoms with Gasteiger partial charge in [0.1, 0.15) is 48.8 Å². The Labute approximate surface area is 447 Å². The van der Waals surface area contributed by atoms with E-state index < -0.39 is 86.8 Å². The molecule has 0 saturated carbocycles. The first-order chi connectivity index (χ1) is 36.1. The van der Waals surface area contributed by atoms with E-state index >= 15 is 0 Å². The summed E-state index contributed by atoms with van der Waals surface area (Å²) in [7, 11) is 0. The van der Waals surface area contributed by atoms with Crippen molar-refractivity contribution >= 4 is 5.91 Å². The summed E-state index contributed by atoms with van der Waals surface area (Å²) >= 11 is 0. The minimum Gasteiger partial charge on any atom is -0.394 e. The average molecular weight is 1050 g/mol. The van der Waals surface area contributed by atoms with Gasteiger partial charge in [0, 0.05) is 6.42 Å². The number of ether oxygens (including phenoxy) is 4. The smallest absolute Gasteiger partial charge is 0.220 e. The van der Waals surface area contributed by atoms with Crippen LogP contribution in [0.2, 0.25) is 0 Å². The number of carbonyl (C=O) groups excluding carboxylic acids is 1. The van der Waals surface area contributed by atoms with E-state index in [1.54, 1.807) is 0 Å². The van der Waals surface area contributed by atoms with E-state index in [0.29, 0.717) is 19.3 Å². The molecule has 0 bridgehead atoms. The van der Waals surface area contributed by atoms with Crippen molar-refractivity contribution in [3.63, 3.8) is 0 Å². The molecule has 2 aliphatic rings. The number of unbranched alkanes of at least 4 members (excludes halogenated alkanes) is 23. The standard InChI is InChI=1S/C60H107NO13/c1-3-5-7-9-11-13-15-17-19-21-22-23-24-25-26-28-29-31-33-35-37-39-41-43-49(64)48(61-52(65)44-42-40-38-36-34-32-30-27-20-18-16-14-12-10-8-6-4-2)47-71-59-57(70)55(68)58(51(46-63)73-59)74-60-56(69)54(67)53(66)50(45-62)72-60/h6,8,12,14,18,20,30,32,36,38,48-51,53-60,62-64,66-70H,3-5,7,9-11,13,15-17,19,21-29,31,33-35,37,39-47H2,1-2H3,(H,61,65)/b8-6-,14-12-,20-18-,32-30-,38-36-. The first-order valence-electron chi connectivity index (χ1n) is 29.5. The molecule has 14 nitrogen and oxygen atoms in total. The number of nitrogens with one attached hydrogen (secondary N) is 1. The molecule has 0 spiro atoms. The lowest BCUT2D eigenvalue weighted by Gasteiger charge is -2.46. The number of rotatable bonds is 46. The second kappa shape index (κ2) is 45.7. The molecular formula is C60H107NO13. The summed E-state index contributed by atoms with van der Waals surface area (Å²) in [6.45, 7) is 2.71. The van der Waals surface area contributed by atoms with Crippen LogP contribution in [0.15, 0.2) is 60.8 Å². The Balaban J connectivity index is 1.77. The number of carbonyl (C=O) groups is 1. The van der Waals surface area contributed by atoms with Gasteiger partial charge in [0.25, 0.3) is 0 Å². The van der Waals surface area contributed by atoms with Gasteiger partial charge in [-0.1, -0.05) is 222 Å². The Morgan fingerprint density at radius 3 is 1.38 bits per heavy atom. The zero-order valence-electron chi connectivity index (χ0n) is 46.1. The molecule has 0 aromatic heterocycles. The number of hydrogen-bond acceptors (Lipinski definition) is 13. The Morgan fingerprint density at radius 1 is 0.500 bits per heavy atom. The van der Waals surface area contributed by atoms with Crippen LogP contribution in [0.4, 0.5) is 0 Å². The van der Waals surface area contributed by atoms with Crippen LogP contribution >= 0.6 is 0 Å². The molecule has 12 unspecified atom stereocenters. The summed E-state index contributed by atoms with van der Waals surface area (Å²) in [5.74, 6) is -0.263. The summed E-state index contributed by atoms with van der Waals surface area (Å²) < 4.78 is 22.8. The molecule has 0 aliphatic carbocycles. The molecule has 0 aromatic rings. The fourth-order valence-electron chi connectivity index (χ4n) is 9.51. The van der Waals surface area contributed by atoms with E-state index in [0.717, 1.165) is 57.8 Å². The number of aliphatic hydroxyl groups excluding tert-OH is 8. The lowest BCUT2D eigenvalue weighted by Crippen LogP contribution is -2.65. The van der Waals surface area contributed by atoms with Gasteiger partial charge in [0.05, 0.1) is 32.0 Å². The monoisotopic (exact) mass is 1050 g/mol. The van der Waals surface area contributed by atoms with Gasteiger partial charge in [-0.25, -0.2) is 0 Å². The molecule has 0 radical (unpaired) electrons. The Morgan fingerprint density at radius 2 is 0.919 bits per heavy atom. The van der Waals surface area contributed by atoms with Crippen LogP contribution in [0.25, 0.3) is 0 Å². The first kappa shape index (κ1) is 67.8. The highest BCUT2D eigenvalue weighted by atomic mass is 16.7. The maximum Gasteiger partial charge on any atom is 0.220 e. The van der Waals surface area contributed by atoms with Gasteiger partial charge < -0.3 is 65.1 Å². The van der Waals surface area contributed by atoms with Gasteiger partial charge in [0.15, 0.2) is 12.6 Å². The molecule has 430 valence electrons. The second-order valence-electron chi connectivity index (χ2n) is 20.7. The maximum absolute atomic E-state index is 13.2. The lowest BCUT2D eigenvalue weighted by atomic mass is 9.97. The number of allylic oxidation sites excluding steroid dienone is 10. The Kier molecular flexibility index (Phi) is 41.9. The molecule has 74 heavy (non-hydrogen) atoms. The van der Waals surface area contributed by atoms with Crippen molar-refractivity contribution in [1.82, 2.24) is 5.32 Å². The molecular weight excluding hydrogens is 943 g/mol. The van der Waals surface area contributed by atoms with Crippen molar-refractivity contribution < 1.29 is 64.6 Å². The fourth-order valence-corrected chi connectivity index (χ4v) is 9.51. The predicted molar refractivity (Wildman–Crippen MR) is 295 cm³/mol. The topological polar surface area (TPSA) is 228 Å². The summed E-state index contributed by atoms with van der Waals surface area (Å²) in [5.41, 5.74) is 0. The molecule has 1 amide bonds. The first-order valence-corrected chi connectivity index (χ1v) is 29.5. The number of amides is 1. The van der Waals surface area contributed by atoms with E-state index in [4.69, 9.17) is 18.9 Å². The molecule has 2 heterocycles. The van der Waals surface area contributed by atoms with Gasteiger partial charge in [-0.2, -0.15) is 0 Å². The molecule has 2 saturated heterocycles. The summed E-state index contributed by atoms with van der Waals surface area (Å²) in [6.07, 6.45) is 40.9. The second-order valence-corrected chi connectivity index (χ2v) is 20.7. The molecule has 0 aromatic carbocycles. The van der Waals surface area contributed by atoms with Gasteiger partial charge >= 0.3 is 0 Å². The van der Waals surface area contributed by atoms with Gasteiger partial charge in [-0.3, -0.25) is 4.79 Å². The molecule has 14 heteroatoms. The van der Waals surface area contributed by atoms with Crippen molar-refractivity contribution in [2.24, 2.45) is 0 Å². The van der Waals surface area contributed by atoms with Crippen molar-refractivity contribution in [1.29, 1.82) is 0 Å². The predicted octanol–water partition coefficient (Wildman–Crippen LogP) is 9.78. The van der Waals surface area contributed by atoms with Gasteiger partial charge in [0.2, 0.25) is 5.91 Å². The minimum atomic E-state index is -1.79. The third-order valence-electron chi connectivity index (χ3n) is 14.2. The number of hydrogen-bond donors (Lipinski definition) is 9. The highest BCUT2D eigenvalue weighted by Crippen LogP contribution is 2.30. The minimum absolute atomic E-state index is 0.224. The Bertz CT molecular complexity index is 1470. The van der Waals surface area contributed by atoms with E-state index in [-0.39, 0.29) is 18.9 Å². The zero-order chi connectivity index (χ0) is 53.9. The van der Waals surface area contributed by atoms with E-state index in [2.05, 4.69) is 79.9 Å². The van der Waals surface area contributed by atoms with Crippen molar-refractivity contribution in [2.45, 2.75) is 293 Å². The Hall–Kier alpha value is -2.31. The van der Waals surface area contributed by atoms with E-state index in [9.17, 15) is 45.6 Å². The van der Waals surface area contributed by atoms with Gasteiger partial charge in [-0.15, -0.1) is 0 Å². The number of aliphatic hydroxyl groups is 8. The zero-order valence-corrected chi connectivity index (χ0v) is 46.1. The quantitative estimate of drug-likeness (QED) is 0.0205. The van der Waals surface area contributed by atoms with Crippen LogP contribution in [0.1, 0.15) is 219 Å². The van der Waals surface area contributed by atoms with Crippen molar-refractivity contribution in [2.75, 3.05) is 19.8 Å². The molecule has 2 aliphatic heterocycles. The van der Waals surface area contributed by atoms with Crippen LogP contribution in [-0.4, -0.2) is 140 Å². The van der Waals surface area contributed by atoms with Crippen LogP contribution in [-0.2, 0) is 23.7 Å². The van der Waals surface area contributed by atoms with E-state index in [1.165, 1.54) is 122 Å². The largest absolute Gasteiger partial charge is 0.394 e. The highest BCUT2D eigenvalue weighted by Gasteiger charge is 2.51. The van der Waals surface area contributed by atoms with Gasteiger partial charge in [-0.05, 0) is 51.4 Å². The summed E-state index contributed by atoms with van der Waals surface area (Å²) in [6, 6.07) is -0.862. The van der Waals surface area contributed by atoms with Crippen molar-refractivity contribution in [3.8, 4) is 0 Å². The van der Waals surface area contributed by atoms with Crippen LogP contribution < -0.4 is 5.32 Å². The third-order valence-corrected chi connectivity index (χ3v) is 14.2. The summed E-state index contributed by atoms with van der Waals surface area (Å²) in [4.78, 5) is 13.2. The van der Waals surface area contributed by atoms with Crippen molar-refractivity contribution in [3.05, 3.63) is 60.8 Å². The maximum atomic E-state index is 13.2. The van der Waals surface area contributed by atoms with E-state index in [1.807, 2.05) is 0 Å². The molecule has 2 fully saturated rings. The van der Waals surface area contributed by atoms with Crippen LogP contribution in [0.5, 0.6) is 0 Å². The van der Waals surface area contributed by atoms with Crippen LogP contribution in [0, 0.1) is 0 Å². The average Bonchev–Trinajstić information content (AvgIpc) is 3.40. The lowest BCUT2D eigenvalue weighted by molar-refractivity contribution is -0.359.